The number of rotatable bonds is 6. The first kappa shape index (κ1) is 24.3. The highest BCUT2D eigenvalue weighted by atomic mass is 16.5. The molecule has 3 rings (SSSR count). The highest BCUT2D eigenvalue weighted by Gasteiger charge is 2.38. The summed E-state index contributed by atoms with van der Waals surface area (Å²) in [4.78, 5) is 51.0. The van der Waals surface area contributed by atoms with Gasteiger partial charge in [0, 0.05) is 37.3 Å². The number of amides is 2. The van der Waals surface area contributed by atoms with Crippen LogP contribution in [0.5, 0.6) is 0 Å². The summed E-state index contributed by atoms with van der Waals surface area (Å²) >= 11 is 0. The lowest BCUT2D eigenvalue weighted by molar-refractivity contribution is -0.152. The van der Waals surface area contributed by atoms with Crippen LogP contribution >= 0.6 is 0 Å². The van der Waals surface area contributed by atoms with Gasteiger partial charge in [0.25, 0.3) is 6.47 Å². The van der Waals surface area contributed by atoms with Crippen LogP contribution in [-0.2, 0) is 30.3 Å². The number of esters is 1. The van der Waals surface area contributed by atoms with Crippen LogP contribution in [0.2, 0.25) is 0 Å². The summed E-state index contributed by atoms with van der Waals surface area (Å²) < 4.78 is 4.83. The van der Waals surface area contributed by atoms with Crippen LogP contribution in [0.3, 0.4) is 0 Å². The molecule has 1 saturated heterocycles. The highest BCUT2D eigenvalue weighted by Crippen LogP contribution is 2.29. The first-order valence-electron chi connectivity index (χ1n) is 10.6. The van der Waals surface area contributed by atoms with Gasteiger partial charge in [-0.3, -0.25) is 19.4 Å². The number of aromatic nitrogens is 1. The Bertz CT molecular complexity index is 734. The van der Waals surface area contributed by atoms with Gasteiger partial charge in [-0.15, -0.1) is 0 Å². The van der Waals surface area contributed by atoms with Gasteiger partial charge in [-0.05, 0) is 56.6 Å². The van der Waals surface area contributed by atoms with E-state index >= 15 is 0 Å². The number of nitrogens with one attached hydrogen (secondary N) is 1. The molecule has 1 aromatic rings. The number of ether oxygens (including phenoxy) is 1. The van der Waals surface area contributed by atoms with Crippen molar-refractivity contribution in [3.05, 3.63) is 30.1 Å². The standard InChI is InChI=1S/C21H29N3O4.CH2O2/c1-28-21(27)18-5-3-13-24(18)20(26)16-7-9-17(10-8-16)23-19(25)11-6-15-4-2-12-22-14-15;2-1-3/h2,4,12,14,16-18H,3,5-11,13H2,1H3,(H,23,25);1H,(H,2,3). The fourth-order valence-electron chi connectivity index (χ4n) is 4.23. The van der Waals surface area contributed by atoms with Gasteiger partial charge in [0.1, 0.15) is 6.04 Å². The van der Waals surface area contributed by atoms with Crippen LogP contribution < -0.4 is 5.32 Å². The van der Waals surface area contributed by atoms with E-state index in [2.05, 4.69) is 10.3 Å². The van der Waals surface area contributed by atoms with E-state index < -0.39 is 6.04 Å². The van der Waals surface area contributed by atoms with Gasteiger partial charge in [0.2, 0.25) is 11.8 Å². The molecule has 31 heavy (non-hydrogen) atoms. The third-order valence-electron chi connectivity index (χ3n) is 5.81. The van der Waals surface area contributed by atoms with Gasteiger partial charge in [-0.25, -0.2) is 4.79 Å². The largest absolute Gasteiger partial charge is 0.483 e. The van der Waals surface area contributed by atoms with E-state index in [0.717, 1.165) is 37.7 Å². The minimum Gasteiger partial charge on any atom is -0.483 e. The number of carboxylic acid groups (broad SMARTS) is 1. The molecule has 9 heteroatoms. The van der Waals surface area contributed by atoms with Crippen LogP contribution in [-0.4, -0.2) is 65.0 Å². The molecular formula is C22H31N3O6. The maximum atomic E-state index is 12.8. The minimum absolute atomic E-state index is 0.0453. The SMILES string of the molecule is COC(=O)C1CCCN1C(=O)C1CCC(NC(=O)CCc2cccnc2)CC1.O=CO. The lowest BCUT2D eigenvalue weighted by atomic mass is 9.85. The summed E-state index contributed by atoms with van der Waals surface area (Å²) in [7, 11) is 1.37. The summed E-state index contributed by atoms with van der Waals surface area (Å²) in [5.74, 6) is -0.271. The molecule has 2 aliphatic rings. The van der Waals surface area contributed by atoms with Gasteiger partial charge >= 0.3 is 5.97 Å². The van der Waals surface area contributed by atoms with Crippen molar-refractivity contribution in [2.24, 2.45) is 5.92 Å². The zero-order valence-corrected chi connectivity index (χ0v) is 17.9. The first-order chi connectivity index (χ1) is 15.0. The lowest BCUT2D eigenvalue weighted by Gasteiger charge is -2.32. The number of aryl methyl sites for hydroxylation is 1. The molecule has 9 nitrogen and oxygen atoms in total. The maximum Gasteiger partial charge on any atom is 0.328 e. The molecular weight excluding hydrogens is 402 g/mol. The van der Waals surface area contributed by atoms with Crippen molar-refractivity contribution >= 4 is 24.3 Å². The molecule has 2 heterocycles. The molecule has 1 aliphatic heterocycles. The average molecular weight is 434 g/mol. The van der Waals surface area contributed by atoms with Crippen molar-refractivity contribution in [3.63, 3.8) is 0 Å². The zero-order valence-electron chi connectivity index (χ0n) is 17.9. The molecule has 0 aromatic carbocycles. The number of hydrogen-bond donors (Lipinski definition) is 2. The fourth-order valence-corrected chi connectivity index (χ4v) is 4.23. The van der Waals surface area contributed by atoms with Crippen LogP contribution in [0, 0.1) is 5.92 Å². The predicted molar refractivity (Wildman–Crippen MR) is 112 cm³/mol. The van der Waals surface area contributed by atoms with E-state index in [4.69, 9.17) is 14.6 Å². The Balaban J connectivity index is 0.00000107. The van der Waals surface area contributed by atoms with E-state index in [1.807, 2.05) is 12.1 Å². The molecule has 0 bridgehead atoms. The highest BCUT2D eigenvalue weighted by molar-refractivity contribution is 5.86. The second-order valence-corrected chi connectivity index (χ2v) is 7.80. The smallest absolute Gasteiger partial charge is 0.328 e. The second kappa shape index (κ2) is 12.7. The quantitative estimate of drug-likeness (QED) is 0.515. The molecule has 1 aliphatic carbocycles. The molecule has 2 amide bonds. The van der Waals surface area contributed by atoms with E-state index in [1.54, 1.807) is 17.3 Å². The van der Waals surface area contributed by atoms with Crippen LogP contribution in [0.25, 0.3) is 0 Å². The molecule has 1 unspecified atom stereocenters. The molecule has 1 atom stereocenters. The monoisotopic (exact) mass is 433 g/mol. The summed E-state index contributed by atoms with van der Waals surface area (Å²) in [6, 6.07) is 3.54. The van der Waals surface area contributed by atoms with Gasteiger partial charge < -0.3 is 20.1 Å². The Labute approximate surface area is 182 Å². The molecule has 0 radical (unpaired) electrons. The maximum absolute atomic E-state index is 12.8. The van der Waals surface area contributed by atoms with Gasteiger partial charge in [-0.2, -0.15) is 0 Å². The van der Waals surface area contributed by atoms with Crippen molar-refractivity contribution in [2.45, 2.75) is 63.5 Å². The van der Waals surface area contributed by atoms with Crippen LogP contribution in [0.4, 0.5) is 0 Å². The summed E-state index contributed by atoms with van der Waals surface area (Å²) in [5, 5.41) is 9.98. The van der Waals surface area contributed by atoms with E-state index in [1.165, 1.54) is 7.11 Å². The molecule has 2 fully saturated rings. The van der Waals surface area contributed by atoms with Crippen LogP contribution in [0.1, 0.15) is 50.5 Å². The van der Waals surface area contributed by atoms with Crippen molar-refractivity contribution in [1.82, 2.24) is 15.2 Å². The minimum atomic E-state index is -0.428. The Morgan fingerprint density at radius 1 is 1.26 bits per heavy atom. The van der Waals surface area contributed by atoms with Crippen molar-refractivity contribution in [3.8, 4) is 0 Å². The molecule has 1 saturated carbocycles. The van der Waals surface area contributed by atoms with Crippen LogP contribution in [0.15, 0.2) is 24.5 Å². The molecule has 1 aromatic heterocycles. The lowest BCUT2D eigenvalue weighted by Crippen LogP contribution is -2.46. The van der Waals surface area contributed by atoms with Crippen molar-refractivity contribution in [1.29, 1.82) is 0 Å². The zero-order chi connectivity index (χ0) is 22.6. The number of methoxy groups -OCH3 is 1. The number of carbonyl (C=O) groups is 4. The first-order valence-corrected chi connectivity index (χ1v) is 10.6. The summed E-state index contributed by atoms with van der Waals surface area (Å²) in [5.41, 5.74) is 1.05. The Morgan fingerprint density at radius 3 is 2.58 bits per heavy atom. The average Bonchev–Trinajstić information content (AvgIpc) is 3.28. The van der Waals surface area contributed by atoms with Crippen molar-refractivity contribution < 1.29 is 29.0 Å². The third kappa shape index (κ3) is 7.34. The number of carbonyl (C=O) groups excluding carboxylic acids is 3. The molecule has 2 N–H and O–H groups in total. The van der Waals surface area contributed by atoms with E-state index in [0.29, 0.717) is 25.8 Å². The topological polar surface area (TPSA) is 126 Å². The Kier molecular flexibility index (Phi) is 9.93. The van der Waals surface area contributed by atoms with Gasteiger partial charge in [0.15, 0.2) is 0 Å². The normalized spacial score (nSPS) is 22.6. The number of pyridine rings is 1. The summed E-state index contributed by atoms with van der Waals surface area (Å²) in [6.07, 6.45) is 9.24. The molecule has 170 valence electrons. The van der Waals surface area contributed by atoms with Gasteiger partial charge in [0.05, 0.1) is 7.11 Å². The predicted octanol–water partition coefficient (Wildman–Crippen LogP) is 1.55. The number of hydrogen-bond acceptors (Lipinski definition) is 6. The fraction of sp³-hybridized carbons (Fsp3) is 0.591. The van der Waals surface area contributed by atoms with E-state index in [-0.39, 0.29) is 36.2 Å². The summed E-state index contributed by atoms with van der Waals surface area (Å²) in [6.45, 7) is 0.379. The second-order valence-electron chi connectivity index (χ2n) is 7.80. The number of nitrogens with zero attached hydrogens (tertiary/aromatic N) is 2. The number of likely N-dealkylation sites (tertiary alicyclic amines) is 1. The van der Waals surface area contributed by atoms with Gasteiger partial charge in [-0.1, -0.05) is 6.07 Å². The molecule has 0 spiro atoms. The Morgan fingerprint density at radius 2 is 1.97 bits per heavy atom. The third-order valence-corrected chi connectivity index (χ3v) is 5.81. The van der Waals surface area contributed by atoms with Crippen molar-refractivity contribution in [2.75, 3.05) is 13.7 Å². The Hall–Kier alpha value is -2.97. The van der Waals surface area contributed by atoms with E-state index in [9.17, 15) is 14.4 Å².